The fraction of sp³-hybridized carbons (Fsp3) is 0.850. The van der Waals surface area contributed by atoms with Gasteiger partial charge in [0.1, 0.15) is 12.1 Å². The SMILES string of the molecule is CCCO[C@@H]1C[C@H](C(=O)N2C3CCCCC3C[C@H]2C(=O)NC)N(C(C)=O)C1. The number of likely N-dealkylation sites (tertiary alicyclic amines) is 2. The van der Waals surface area contributed by atoms with Crippen molar-refractivity contribution in [2.75, 3.05) is 20.2 Å². The van der Waals surface area contributed by atoms with Crippen LogP contribution in [0.25, 0.3) is 0 Å². The molecule has 0 spiro atoms. The maximum Gasteiger partial charge on any atom is 0.246 e. The van der Waals surface area contributed by atoms with E-state index in [4.69, 9.17) is 4.74 Å². The van der Waals surface area contributed by atoms with Crippen LogP contribution in [0.3, 0.4) is 0 Å². The zero-order chi connectivity index (χ0) is 19.6. The van der Waals surface area contributed by atoms with Crippen LogP contribution < -0.4 is 5.32 Å². The lowest BCUT2D eigenvalue weighted by molar-refractivity contribution is -0.148. The Morgan fingerprint density at radius 2 is 1.85 bits per heavy atom. The van der Waals surface area contributed by atoms with Gasteiger partial charge in [0.25, 0.3) is 0 Å². The number of nitrogens with one attached hydrogen (secondary N) is 1. The summed E-state index contributed by atoms with van der Waals surface area (Å²) in [5, 5.41) is 2.72. The number of carbonyl (C=O) groups is 3. The number of hydrogen-bond acceptors (Lipinski definition) is 4. The molecule has 3 aliphatic rings. The first kappa shape index (κ1) is 20.1. The summed E-state index contributed by atoms with van der Waals surface area (Å²) in [6.45, 7) is 4.64. The first-order chi connectivity index (χ1) is 13.0. The lowest BCUT2D eigenvalue weighted by Gasteiger charge is -2.36. The number of ether oxygens (including phenoxy) is 1. The van der Waals surface area contributed by atoms with Crippen molar-refractivity contribution >= 4 is 17.7 Å². The van der Waals surface area contributed by atoms with Crippen LogP contribution >= 0.6 is 0 Å². The van der Waals surface area contributed by atoms with Crippen molar-refractivity contribution in [3.05, 3.63) is 0 Å². The number of nitrogens with zero attached hydrogens (tertiary/aromatic N) is 2. The summed E-state index contributed by atoms with van der Waals surface area (Å²) in [4.78, 5) is 41.7. The van der Waals surface area contributed by atoms with Crippen molar-refractivity contribution < 1.29 is 19.1 Å². The number of likely N-dealkylation sites (N-methyl/N-ethyl adjacent to an activating group) is 1. The fourth-order valence-electron chi connectivity index (χ4n) is 5.13. The molecule has 0 radical (unpaired) electrons. The van der Waals surface area contributed by atoms with E-state index in [1.807, 2.05) is 11.8 Å². The van der Waals surface area contributed by atoms with Gasteiger partial charge in [0.05, 0.1) is 6.10 Å². The van der Waals surface area contributed by atoms with Crippen molar-refractivity contribution in [2.45, 2.75) is 83.0 Å². The highest BCUT2D eigenvalue weighted by Crippen LogP contribution is 2.41. The average Bonchev–Trinajstić information content (AvgIpc) is 3.27. The molecule has 1 aliphatic carbocycles. The Kier molecular flexibility index (Phi) is 6.40. The number of amides is 3. The molecule has 1 N–H and O–H groups in total. The highest BCUT2D eigenvalue weighted by atomic mass is 16.5. The molecular formula is C20H33N3O4. The molecule has 7 nitrogen and oxygen atoms in total. The van der Waals surface area contributed by atoms with E-state index >= 15 is 0 Å². The van der Waals surface area contributed by atoms with Crippen LogP contribution in [0.4, 0.5) is 0 Å². The Balaban J connectivity index is 1.81. The van der Waals surface area contributed by atoms with Gasteiger partial charge in [-0.25, -0.2) is 0 Å². The first-order valence-corrected chi connectivity index (χ1v) is 10.4. The average molecular weight is 380 g/mol. The Morgan fingerprint density at radius 1 is 1.11 bits per heavy atom. The summed E-state index contributed by atoms with van der Waals surface area (Å²) >= 11 is 0. The van der Waals surface area contributed by atoms with Gasteiger partial charge in [-0.15, -0.1) is 0 Å². The third kappa shape index (κ3) is 3.98. The zero-order valence-corrected chi connectivity index (χ0v) is 16.8. The molecule has 2 unspecified atom stereocenters. The summed E-state index contributed by atoms with van der Waals surface area (Å²) in [5.41, 5.74) is 0. The maximum atomic E-state index is 13.6. The molecule has 2 saturated heterocycles. The van der Waals surface area contributed by atoms with E-state index in [2.05, 4.69) is 5.32 Å². The minimum atomic E-state index is -0.516. The third-order valence-corrected chi connectivity index (χ3v) is 6.40. The second-order valence-corrected chi connectivity index (χ2v) is 8.14. The van der Waals surface area contributed by atoms with E-state index in [1.165, 1.54) is 13.3 Å². The lowest BCUT2D eigenvalue weighted by Crippen LogP contribution is -2.55. The maximum absolute atomic E-state index is 13.6. The quantitative estimate of drug-likeness (QED) is 0.781. The van der Waals surface area contributed by atoms with E-state index in [0.717, 1.165) is 32.1 Å². The van der Waals surface area contributed by atoms with Crippen LogP contribution in [0, 0.1) is 5.92 Å². The predicted molar refractivity (Wildman–Crippen MR) is 101 cm³/mol. The minimum Gasteiger partial charge on any atom is -0.376 e. The zero-order valence-electron chi connectivity index (χ0n) is 16.8. The van der Waals surface area contributed by atoms with Crippen LogP contribution in [-0.2, 0) is 19.1 Å². The van der Waals surface area contributed by atoms with E-state index in [9.17, 15) is 14.4 Å². The van der Waals surface area contributed by atoms with Gasteiger partial charge in [0.2, 0.25) is 17.7 Å². The molecule has 0 aromatic carbocycles. The standard InChI is InChI=1S/C20H33N3O4/c1-4-9-27-15-11-18(22(12-15)13(2)24)20(26)23-16-8-6-5-7-14(16)10-17(23)19(25)21-3/h14-18H,4-12H2,1-3H3,(H,21,25)/t14?,15-,16?,17+,18-/m1/s1. The Morgan fingerprint density at radius 3 is 2.52 bits per heavy atom. The molecule has 27 heavy (non-hydrogen) atoms. The van der Waals surface area contributed by atoms with Crippen LogP contribution in [0.1, 0.15) is 58.8 Å². The molecule has 2 aliphatic heterocycles. The van der Waals surface area contributed by atoms with Gasteiger partial charge in [-0.05, 0) is 31.6 Å². The van der Waals surface area contributed by atoms with E-state index in [-0.39, 0.29) is 29.9 Å². The van der Waals surface area contributed by atoms with Crippen LogP contribution in [0.5, 0.6) is 0 Å². The highest BCUT2D eigenvalue weighted by Gasteiger charge is 2.51. The van der Waals surface area contributed by atoms with Gasteiger partial charge >= 0.3 is 0 Å². The van der Waals surface area contributed by atoms with Gasteiger partial charge in [0.15, 0.2) is 0 Å². The second-order valence-electron chi connectivity index (χ2n) is 8.14. The van der Waals surface area contributed by atoms with Crippen LogP contribution in [0.15, 0.2) is 0 Å². The summed E-state index contributed by atoms with van der Waals surface area (Å²) in [5.74, 6) is 0.121. The molecule has 0 bridgehead atoms. The molecule has 2 heterocycles. The van der Waals surface area contributed by atoms with Crippen molar-refractivity contribution in [3.8, 4) is 0 Å². The van der Waals surface area contributed by atoms with Gasteiger partial charge in [0, 0.05) is 39.6 Å². The normalized spacial score (nSPS) is 33.1. The Hall–Kier alpha value is -1.63. The summed E-state index contributed by atoms with van der Waals surface area (Å²) < 4.78 is 5.83. The van der Waals surface area contributed by atoms with E-state index in [0.29, 0.717) is 25.5 Å². The molecule has 3 rings (SSSR count). The first-order valence-electron chi connectivity index (χ1n) is 10.4. The van der Waals surface area contributed by atoms with Gasteiger partial charge in [-0.2, -0.15) is 0 Å². The highest BCUT2D eigenvalue weighted by molar-refractivity contribution is 5.93. The minimum absolute atomic E-state index is 0.0733. The molecule has 5 atom stereocenters. The lowest BCUT2D eigenvalue weighted by atomic mass is 9.84. The summed E-state index contributed by atoms with van der Waals surface area (Å²) in [7, 11) is 1.62. The molecule has 1 saturated carbocycles. The molecule has 0 aromatic heterocycles. The third-order valence-electron chi connectivity index (χ3n) is 6.40. The fourth-order valence-corrected chi connectivity index (χ4v) is 5.13. The van der Waals surface area contributed by atoms with Gasteiger partial charge < -0.3 is 19.9 Å². The van der Waals surface area contributed by atoms with Crippen molar-refractivity contribution in [1.29, 1.82) is 0 Å². The monoisotopic (exact) mass is 379 g/mol. The Bertz CT molecular complexity index is 582. The topological polar surface area (TPSA) is 79.0 Å². The second kappa shape index (κ2) is 8.59. The molecule has 0 aromatic rings. The van der Waals surface area contributed by atoms with Crippen LogP contribution in [0.2, 0.25) is 0 Å². The van der Waals surface area contributed by atoms with Crippen LogP contribution in [-0.4, -0.2) is 72.0 Å². The Labute approximate surface area is 161 Å². The molecular weight excluding hydrogens is 346 g/mol. The van der Waals surface area contributed by atoms with Crippen molar-refractivity contribution in [1.82, 2.24) is 15.1 Å². The molecule has 7 heteroatoms. The van der Waals surface area contributed by atoms with Crippen molar-refractivity contribution in [3.63, 3.8) is 0 Å². The molecule has 152 valence electrons. The smallest absolute Gasteiger partial charge is 0.246 e. The molecule has 3 fully saturated rings. The summed E-state index contributed by atoms with van der Waals surface area (Å²) in [6, 6.07) is -0.810. The predicted octanol–water partition coefficient (Wildman–Crippen LogP) is 1.31. The summed E-state index contributed by atoms with van der Waals surface area (Å²) in [6.07, 6.45) is 6.34. The number of hydrogen-bond donors (Lipinski definition) is 1. The van der Waals surface area contributed by atoms with Gasteiger partial charge in [-0.1, -0.05) is 19.8 Å². The van der Waals surface area contributed by atoms with Gasteiger partial charge in [-0.3, -0.25) is 14.4 Å². The number of carbonyl (C=O) groups excluding carboxylic acids is 3. The number of fused-ring (bicyclic) bond motifs is 1. The van der Waals surface area contributed by atoms with E-state index < -0.39 is 12.1 Å². The van der Waals surface area contributed by atoms with Crippen molar-refractivity contribution in [2.24, 2.45) is 5.92 Å². The van der Waals surface area contributed by atoms with E-state index in [1.54, 1.807) is 11.9 Å². The largest absolute Gasteiger partial charge is 0.376 e. The number of rotatable bonds is 5. The molecule has 3 amide bonds.